The molecule has 1 N–H and O–H groups in total. The molecule has 0 aliphatic carbocycles. The third-order valence-electron chi connectivity index (χ3n) is 7.52. The van der Waals surface area contributed by atoms with E-state index in [1.165, 1.54) is 0 Å². The number of aromatic nitrogens is 5. The highest BCUT2D eigenvalue weighted by Crippen LogP contribution is 2.38. The topological polar surface area (TPSA) is 86.3 Å². The number of fused-ring (bicyclic) bond motifs is 2. The van der Waals surface area contributed by atoms with E-state index in [0.717, 1.165) is 54.9 Å². The van der Waals surface area contributed by atoms with Gasteiger partial charge in [-0.25, -0.2) is 14.6 Å². The van der Waals surface area contributed by atoms with Gasteiger partial charge in [-0.2, -0.15) is 5.10 Å². The zero-order valence-corrected chi connectivity index (χ0v) is 25.6. The molecule has 6 rings (SSSR count). The van der Waals surface area contributed by atoms with Crippen molar-refractivity contribution in [3.05, 3.63) is 87.4 Å². The number of benzene rings is 2. The van der Waals surface area contributed by atoms with Gasteiger partial charge in [-0.05, 0) is 72.6 Å². The van der Waals surface area contributed by atoms with Crippen molar-refractivity contribution in [3.63, 3.8) is 0 Å². The van der Waals surface area contributed by atoms with Crippen LogP contribution in [0, 0.1) is 13.8 Å². The molecule has 0 spiro atoms. The number of pyridine rings is 1. The lowest BCUT2D eigenvalue weighted by Crippen LogP contribution is -2.22. The summed E-state index contributed by atoms with van der Waals surface area (Å²) in [5.74, 6) is 1.51. The zero-order chi connectivity index (χ0) is 28.8. The molecule has 0 saturated carbocycles. The first-order chi connectivity index (χ1) is 19.9. The van der Waals surface area contributed by atoms with Gasteiger partial charge in [0.2, 0.25) is 0 Å². The predicted octanol–water partition coefficient (Wildman–Crippen LogP) is 6.00. The Morgan fingerprint density at radius 1 is 1.10 bits per heavy atom. The lowest BCUT2D eigenvalue weighted by atomic mass is 9.95. The van der Waals surface area contributed by atoms with Gasteiger partial charge in [-0.1, -0.05) is 25.1 Å². The van der Waals surface area contributed by atoms with Gasteiger partial charge in [0.05, 0.1) is 24.1 Å². The van der Waals surface area contributed by atoms with E-state index in [1.54, 1.807) is 29.2 Å². The Bertz CT molecular complexity index is 1990. The normalized spacial score (nSPS) is 12.2. The summed E-state index contributed by atoms with van der Waals surface area (Å²) in [5.41, 5.74) is 6.78. The van der Waals surface area contributed by atoms with Crippen LogP contribution in [-0.2, 0) is 0 Å². The van der Waals surface area contributed by atoms with E-state index in [2.05, 4.69) is 38.6 Å². The van der Waals surface area contributed by atoms with Crippen LogP contribution in [0.15, 0.2) is 65.0 Å². The third-order valence-corrected chi connectivity index (χ3v) is 8.88. The van der Waals surface area contributed by atoms with Gasteiger partial charge in [-0.3, -0.25) is 9.20 Å². The van der Waals surface area contributed by atoms with Crippen molar-refractivity contribution < 1.29 is 4.74 Å². The summed E-state index contributed by atoms with van der Waals surface area (Å²) < 4.78 is 9.27. The molecule has 41 heavy (non-hydrogen) atoms. The average Bonchev–Trinajstić information content (AvgIpc) is 3.54. The first kappa shape index (κ1) is 27.1. The Labute approximate surface area is 244 Å². The van der Waals surface area contributed by atoms with Crippen LogP contribution in [0.1, 0.15) is 36.2 Å². The van der Waals surface area contributed by atoms with Crippen molar-refractivity contribution in [2.24, 2.45) is 0 Å². The number of methoxy groups -OCH3 is 1. The molecule has 4 heterocycles. The maximum atomic E-state index is 14.2. The van der Waals surface area contributed by atoms with E-state index >= 15 is 0 Å². The molecule has 0 saturated heterocycles. The van der Waals surface area contributed by atoms with E-state index in [1.807, 2.05) is 67.4 Å². The summed E-state index contributed by atoms with van der Waals surface area (Å²) in [6, 6.07) is 16.0. The van der Waals surface area contributed by atoms with Crippen LogP contribution in [0.3, 0.4) is 0 Å². The number of hydrogen-bond donors (Lipinski definition) is 1. The number of aryl methyl sites for hydroxylation is 2. The van der Waals surface area contributed by atoms with E-state index < -0.39 is 0 Å². The monoisotopic (exact) mass is 582 g/mol. The van der Waals surface area contributed by atoms with Crippen LogP contribution in [0.25, 0.3) is 38.2 Å². The molecule has 0 fully saturated rings. The van der Waals surface area contributed by atoms with Gasteiger partial charge in [0, 0.05) is 23.7 Å². The number of rotatable bonds is 7. The maximum absolute atomic E-state index is 14.2. The smallest absolute Gasteiger partial charge is 0.264 e. The molecule has 0 amide bonds. The summed E-state index contributed by atoms with van der Waals surface area (Å²) in [6.07, 6.45) is 2.26. The molecule has 2 aromatic carbocycles. The summed E-state index contributed by atoms with van der Waals surface area (Å²) >= 11 is 1.57. The second-order valence-corrected chi connectivity index (χ2v) is 11.6. The van der Waals surface area contributed by atoms with Crippen LogP contribution >= 0.6 is 20.6 Å². The fourth-order valence-electron chi connectivity index (χ4n) is 5.60. The minimum absolute atomic E-state index is 0.0293. The van der Waals surface area contributed by atoms with E-state index in [4.69, 9.17) is 14.8 Å². The molecule has 0 aliphatic heterocycles. The van der Waals surface area contributed by atoms with Gasteiger partial charge < -0.3 is 10.1 Å². The van der Waals surface area contributed by atoms with Crippen molar-refractivity contribution in [2.75, 3.05) is 19.5 Å². The van der Waals surface area contributed by atoms with Gasteiger partial charge in [0.25, 0.3) is 5.56 Å². The van der Waals surface area contributed by atoms with Crippen LogP contribution in [0.5, 0.6) is 5.75 Å². The Morgan fingerprint density at radius 2 is 1.93 bits per heavy atom. The average molecular weight is 583 g/mol. The highest BCUT2D eigenvalue weighted by Gasteiger charge is 2.27. The molecule has 8 nitrogen and oxygen atoms in total. The maximum Gasteiger partial charge on any atom is 0.264 e. The summed E-state index contributed by atoms with van der Waals surface area (Å²) in [5, 5.41) is 12.3. The van der Waals surface area contributed by atoms with Crippen molar-refractivity contribution in [1.82, 2.24) is 24.1 Å². The SMILES string of the molecule is CC[C@@H](c1cc2scc(C)n2c(=O)c1-c1cccc(P)c1)n1nc(-c2ccc(OC)c(C)c2)c2c(NC)ncnc21. The van der Waals surface area contributed by atoms with Gasteiger partial charge >= 0.3 is 0 Å². The number of nitrogens with zero attached hydrogens (tertiary/aromatic N) is 5. The largest absolute Gasteiger partial charge is 0.496 e. The van der Waals surface area contributed by atoms with Gasteiger partial charge in [0.1, 0.15) is 28.4 Å². The number of hydrogen-bond acceptors (Lipinski definition) is 7. The van der Waals surface area contributed by atoms with Crippen molar-refractivity contribution in [3.8, 4) is 28.1 Å². The second kappa shape index (κ2) is 10.7. The van der Waals surface area contributed by atoms with Gasteiger partial charge in [-0.15, -0.1) is 20.6 Å². The quantitative estimate of drug-likeness (QED) is 0.232. The molecule has 0 radical (unpaired) electrons. The van der Waals surface area contributed by atoms with E-state index in [0.29, 0.717) is 23.4 Å². The van der Waals surface area contributed by atoms with E-state index in [9.17, 15) is 4.79 Å². The Morgan fingerprint density at radius 3 is 2.63 bits per heavy atom. The molecule has 0 bridgehead atoms. The number of ether oxygens (including phenoxy) is 1. The molecule has 0 aliphatic rings. The number of nitrogens with one attached hydrogen (secondary N) is 1. The molecule has 2 atom stereocenters. The molecule has 208 valence electrons. The van der Waals surface area contributed by atoms with Crippen molar-refractivity contribution in [2.45, 2.75) is 33.2 Å². The van der Waals surface area contributed by atoms with Crippen LogP contribution < -0.4 is 20.9 Å². The standard InChI is InChI=1S/C31H31N6O2PS/c1-6-23(22-14-25-36(18(3)15-41-25)31(38)26(22)19-8-7-9-21(40)13-19)37-30-27(29(32-4)33-16-34-30)28(35-37)20-10-11-24(39-5)17(2)12-20/h7-16,23H,6,40H2,1-5H3,(H,32,33,34)/t23-/m0/s1. The predicted molar refractivity (Wildman–Crippen MR) is 171 cm³/mol. The first-order valence-electron chi connectivity index (χ1n) is 13.4. The third kappa shape index (κ3) is 4.49. The summed E-state index contributed by atoms with van der Waals surface area (Å²) in [4.78, 5) is 24.3. The zero-order valence-electron chi connectivity index (χ0n) is 23.6. The summed E-state index contributed by atoms with van der Waals surface area (Å²) in [6.45, 7) is 6.11. The molecular formula is C31H31N6O2PS. The second-order valence-electron chi connectivity index (χ2n) is 10.0. The molecular weight excluding hydrogens is 551 g/mol. The highest BCUT2D eigenvalue weighted by molar-refractivity contribution is 7.27. The molecule has 1 unspecified atom stereocenters. The molecule has 6 aromatic rings. The minimum atomic E-state index is -0.256. The van der Waals surface area contributed by atoms with Gasteiger partial charge in [0.15, 0.2) is 5.65 Å². The van der Waals surface area contributed by atoms with Crippen LogP contribution in [0.4, 0.5) is 5.82 Å². The lowest BCUT2D eigenvalue weighted by molar-refractivity contribution is 0.412. The van der Waals surface area contributed by atoms with E-state index in [-0.39, 0.29) is 11.6 Å². The molecule has 4 aromatic heterocycles. The lowest BCUT2D eigenvalue weighted by Gasteiger charge is -2.21. The number of thiazole rings is 1. The Hall–Kier alpha value is -4.07. The van der Waals surface area contributed by atoms with Crippen LogP contribution in [-0.4, -0.2) is 38.3 Å². The summed E-state index contributed by atoms with van der Waals surface area (Å²) in [7, 11) is 6.26. The van der Waals surface area contributed by atoms with Crippen molar-refractivity contribution in [1.29, 1.82) is 0 Å². The minimum Gasteiger partial charge on any atom is -0.496 e. The molecule has 10 heteroatoms. The Kier molecular flexibility index (Phi) is 7.09. The first-order valence-corrected chi connectivity index (χ1v) is 14.9. The fourth-order valence-corrected chi connectivity index (χ4v) is 6.82. The highest BCUT2D eigenvalue weighted by atomic mass is 32.1. The Balaban J connectivity index is 1.66. The van der Waals surface area contributed by atoms with Crippen molar-refractivity contribution >= 4 is 47.6 Å². The number of anilines is 1. The fraction of sp³-hybridized carbons (Fsp3) is 0.226. The van der Waals surface area contributed by atoms with Crippen LogP contribution in [0.2, 0.25) is 0 Å².